The highest BCUT2D eigenvalue weighted by Gasteiger charge is 2.13. The highest BCUT2D eigenvalue weighted by molar-refractivity contribution is 7.92. The Morgan fingerprint density at radius 1 is 1.04 bits per heavy atom. The van der Waals surface area contributed by atoms with Gasteiger partial charge in [0.1, 0.15) is 0 Å². The summed E-state index contributed by atoms with van der Waals surface area (Å²) < 4.78 is 25.1. The van der Waals surface area contributed by atoms with E-state index >= 15 is 0 Å². The number of nitrogens with zero attached hydrogens (tertiary/aromatic N) is 1. The van der Waals surface area contributed by atoms with E-state index < -0.39 is 10.0 Å². The molecule has 0 heterocycles. The molecule has 0 bridgehead atoms. The first kappa shape index (κ1) is 17.8. The summed E-state index contributed by atoms with van der Waals surface area (Å²) in [5.41, 5.74) is 1.63. The van der Waals surface area contributed by atoms with E-state index in [9.17, 15) is 13.2 Å². The van der Waals surface area contributed by atoms with E-state index in [4.69, 9.17) is 0 Å². The normalized spacial score (nSPS) is 10.9. The molecule has 128 valence electrons. The van der Waals surface area contributed by atoms with Crippen molar-refractivity contribution in [3.8, 4) is 0 Å². The van der Waals surface area contributed by atoms with Gasteiger partial charge in [-0.2, -0.15) is 0 Å². The number of hydrogen-bond donors (Lipinski definition) is 2. The number of amides is 1. The van der Waals surface area contributed by atoms with Crippen LogP contribution in [0, 0.1) is 0 Å². The zero-order valence-electron chi connectivity index (χ0n) is 13.7. The molecule has 0 saturated heterocycles. The highest BCUT2D eigenvalue weighted by atomic mass is 32.2. The zero-order valence-corrected chi connectivity index (χ0v) is 14.5. The third-order valence-corrected chi connectivity index (χ3v) is 3.99. The second-order valence-electron chi connectivity index (χ2n) is 5.43. The number of hydrogen-bond acceptors (Lipinski definition) is 4. The van der Waals surface area contributed by atoms with Gasteiger partial charge in [0, 0.05) is 25.8 Å². The second-order valence-corrected chi connectivity index (χ2v) is 7.18. The van der Waals surface area contributed by atoms with Crippen molar-refractivity contribution in [1.82, 2.24) is 5.32 Å². The molecule has 0 aliphatic carbocycles. The molecule has 0 aromatic heterocycles. The first-order chi connectivity index (χ1) is 11.4. The molecule has 0 saturated carbocycles. The van der Waals surface area contributed by atoms with Crippen molar-refractivity contribution < 1.29 is 13.2 Å². The van der Waals surface area contributed by atoms with Crippen LogP contribution in [0.4, 0.5) is 11.4 Å². The lowest BCUT2D eigenvalue weighted by molar-refractivity contribution is 0.0955. The van der Waals surface area contributed by atoms with Crippen LogP contribution >= 0.6 is 0 Å². The summed E-state index contributed by atoms with van der Waals surface area (Å²) in [4.78, 5) is 14.3. The molecular weight excluding hydrogens is 326 g/mol. The zero-order chi connectivity index (χ0) is 17.6. The summed E-state index contributed by atoms with van der Waals surface area (Å²) >= 11 is 0. The predicted molar refractivity (Wildman–Crippen MR) is 97.0 cm³/mol. The average Bonchev–Trinajstić information content (AvgIpc) is 2.54. The minimum atomic E-state index is -3.44. The molecule has 2 rings (SSSR count). The van der Waals surface area contributed by atoms with Gasteiger partial charge in [-0.1, -0.05) is 30.3 Å². The molecule has 2 aromatic carbocycles. The lowest BCUT2D eigenvalue weighted by Gasteiger charge is -2.19. The van der Waals surface area contributed by atoms with Gasteiger partial charge >= 0.3 is 0 Å². The van der Waals surface area contributed by atoms with E-state index in [0.29, 0.717) is 18.7 Å². The van der Waals surface area contributed by atoms with E-state index in [-0.39, 0.29) is 11.6 Å². The second kappa shape index (κ2) is 7.83. The molecule has 0 aliphatic heterocycles. The Hall–Kier alpha value is -2.54. The molecule has 0 spiro atoms. The third kappa shape index (κ3) is 5.27. The molecular formula is C17H21N3O3S. The van der Waals surface area contributed by atoms with Crippen LogP contribution < -0.4 is 14.9 Å². The summed E-state index contributed by atoms with van der Waals surface area (Å²) in [6.07, 6.45) is 1.05. The van der Waals surface area contributed by atoms with Gasteiger partial charge in [-0.05, 0) is 24.3 Å². The minimum Gasteiger partial charge on any atom is -0.373 e. The third-order valence-electron chi connectivity index (χ3n) is 3.40. The molecule has 6 nitrogen and oxygen atoms in total. The van der Waals surface area contributed by atoms with Gasteiger partial charge in [0.2, 0.25) is 10.0 Å². The Balaban J connectivity index is 1.96. The van der Waals surface area contributed by atoms with Crippen LogP contribution in [0.25, 0.3) is 0 Å². The van der Waals surface area contributed by atoms with E-state index in [0.717, 1.165) is 11.9 Å². The average molecular weight is 347 g/mol. The van der Waals surface area contributed by atoms with Crippen LogP contribution in [0.3, 0.4) is 0 Å². The molecule has 24 heavy (non-hydrogen) atoms. The van der Waals surface area contributed by atoms with Crippen LogP contribution in [-0.2, 0) is 10.0 Å². The van der Waals surface area contributed by atoms with Gasteiger partial charge in [-0.15, -0.1) is 0 Å². The van der Waals surface area contributed by atoms with Crippen molar-refractivity contribution in [1.29, 1.82) is 0 Å². The number of rotatable bonds is 7. The van der Waals surface area contributed by atoms with Gasteiger partial charge in [0.25, 0.3) is 5.91 Å². The smallest absolute Gasteiger partial charge is 0.253 e. The molecule has 0 fully saturated rings. The van der Waals surface area contributed by atoms with Crippen LogP contribution in [0.1, 0.15) is 10.4 Å². The van der Waals surface area contributed by atoms with E-state index in [2.05, 4.69) is 10.0 Å². The summed E-state index contributed by atoms with van der Waals surface area (Å²) in [7, 11) is -1.50. The van der Waals surface area contributed by atoms with Gasteiger partial charge in [-0.25, -0.2) is 8.42 Å². The molecule has 1 amide bonds. The van der Waals surface area contributed by atoms with Gasteiger partial charge in [-0.3, -0.25) is 9.52 Å². The first-order valence-electron chi connectivity index (χ1n) is 7.48. The predicted octanol–water partition coefficient (Wildman–Crippen LogP) is 1.92. The van der Waals surface area contributed by atoms with Gasteiger partial charge in [0.15, 0.2) is 0 Å². The fraction of sp³-hybridized carbons (Fsp3) is 0.235. The van der Waals surface area contributed by atoms with Crippen LogP contribution in [-0.4, -0.2) is 40.7 Å². The van der Waals surface area contributed by atoms with Gasteiger partial charge in [0.05, 0.1) is 17.5 Å². The Morgan fingerprint density at radius 2 is 1.67 bits per heavy atom. The monoisotopic (exact) mass is 347 g/mol. The quantitative estimate of drug-likeness (QED) is 0.802. The number of sulfonamides is 1. The molecule has 2 N–H and O–H groups in total. The Kier molecular flexibility index (Phi) is 5.81. The minimum absolute atomic E-state index is 0.272. The maximum absolute atomic E-state index is 12.3. The van der Waals surface area contributed by atoms with Crippen molar-refractivity contribution in [3.05, 3.63) is 60.2 Å². The Bertz CT molecular complexity index is 792. The number of benzene rings is 2. The summed E-state index contributed by atoms with van der Waals surface area (Å²) in [6, 6.07) is 16.4. The molecule has 7 heteroatoms. The molecule has 0 unspecified atom stereocenters. The largest absolute Gasteiger partial charge is 0.373 e. The summed E-state index contributed by atoms with van der Waals surface area (Å²) in [5.74, 6) is -0.316. The SMILES string of the molecule is CN(CCNC(=O)c1ccccc1NS(C)(=O)=O)c1ccccc1. The first-order valence-corrected chi connectivity index (χ1v) is 9.37. The number of carbonyl (C=O) groups is 1. The maximum atomic E-state index is 12.3. The molecule has 2 aromatic rings. The number of anilines is 2. The highest BCUT2D eigenvalue weighted by Crippen LogP contribution is 2.16. The van der Waals surface area contributed by atoms with Crippen LogP contribution in [0.5, 0.6) is 0 Å². The fourth-order valence-corrected chi connectivity index (χ4v) is 2.79. The summed E-state index contributed by atoms with van der Waals surface area (Å²) in [6.45, 7) is 1.08. The van der Waals surface area contributed by atoms with Crippen molar-refractivity contribution in [2.75, 3.05) is 36.0 Å². The van der Waals surface area contributed by atoms with Gasteiger partial charge < -0.3 is 10.2 Å². The Labute approximate surface area is 142 Å². The van der Waals surface area contributed by atoms with Crippen molar-refractivity contribution in [3.63, 3.8) is 0 Å². The number of para-hydroxylation sites is 2. The summed E-state index contributed by atoms with van der Waals surface area (Å²) in [5, 5.41) is 2.81. The molecule has 0 radical (unpaired) electrons. The number of carbonyl (C=O) groups excluding carboxylic acids is 1. The van der Waals surface area contributed by atoms with Crippen LogP contribution in [0.2, 0.25) is 0 Å². The topological polar surface area (TPSA) is 78.5 Å². The molecule has 0 atom stereocenters. The van der Waals surface area contributed by atoms with E-state index in [1.807, 2.05) is 42.3 Å². The Morgan fingerprint density at radius 3 is 2.33 bits per heavy atom. The molecule has 0 aliphatic rings. The van der Waals surface area contributed by atoms with Crippen molar-refractivity contribution in [2.24, 2.45) is 0 Å². The van der Waals surface area contributed by atoms with Crippen LogP contribution in [0.15, 0.2) is 54.6 Å². The number of nitrogens with one attached hydrogen (secondary N) is 2. The lowest BCUT2D eigenvalue weighted by atomic mass is 10.1. The number of likely N-dealkylation sites (N-methyl/N-ethyl adjacent to an activating group) is 1. The fourth-order valence-electron chi connectivity index (χ4n) is 2.21. The van der Waals surface area contributed by atoms with E-state index in [1.165, 1.54) is 0 Å². The van der Waals surface area contributed by atoms with Crippen molar-refractivity contribution in [2.45, 2.75) is 0 Å². The maximum Gasteiger partial charge on any atom is 0.253 e. The van der Waals surface area contributed by atoms with Crippen molar-refractivity contribution >= 4 is 27.3 Å². The lowest BCUT2D eigenvalue weighted by Crippen LogP contribution is -2.33. The van der Waals surface area contributed by atoms with E-state index in [1.54, 1.807) is 24.3 Å². The standard InChI is InChI=1S/C17H21N3O3S/c1-20(14-8-4-3-5-9-14)13-12-18-17(21)15-10-6-7-11-16(15)19-24(2,22)23/h3-11,19H,12-13H2,1-2H3,(H,18,21).